The molecule has 0 bridgehead atoms. The average Bonchev–Trinajstić information content (AvgIpc) is 2.38. The van der Waals surface area contributed by atoms with E-state index in [1.54, 1.807) is 12.3 Å². The number of nitrogen functional groups attached to an aromatic ring is 1. The maximum absolute atomic E-state index is 5.62. The van der Waals surface area contributed by atoms with Crippen LogP contribution >= 0.6 is 0 Å². The summed E-state index contributed by atoms with van der Waals surface area (Å²) in [6, 6.07) is 11.5. The molecule has 1 aromatic heterocycles. The van der Waals surface area contributed by atoms with E-state index in [4.69, 9.17) is 10.5 Å². The first-order valence-electron chi connectivity index (χ1n) is 5.99. The van der Waals surface area contributed by atoms with Crippen LogP contribution in [0.3, 0.4) is 0 Å². The number of hydrogen-bond acceptors (Lipinski definition) is 4. The summed E-state index contributed by atoms with van der Waals surface area (Å²) in [5.41, 5.74) is 7.53. The monoisotopic (exact) mass is 243 g/mol. The highest BCUT2D eigenvalue weighted by Gasteiger charge is 1.97. The molecule has 0 radical (unpaired) electrons. The largest absolute Gasteiger partial charge is 0.494 e. The fourth-order valence-corrected chi connectivity index (χ4v) is 1.55. The first-order valence-corrected chi connectivity index (χ1v) is 5.99. The Morgan fingerprint density at radius 2 is 1.94 bits per heavy atom. The first-order chi connectivity index (χ1) is 8.78. The zero-order valence-corrected chi connectivity index (χ0v) is 10.4. The molecule has 4 nitrogen and oxygen atoms in total. The number of benzene rings is 1. The summed E-state index contributed by atoms with van der Waals surface area (Å²) in [5, 5.41) is 3.25. The van der Waals surface area contributed by atoms with Crippen molar-refractivity contribution in [2.75, 3.05) is 17.7 Å². The smallest absolute Gasteiger partial charge is 0.125 e. The summed E-state index contributed by atoms with van der Waals surface area (Å²) in [4.78, 5) is 3.95. The number of anilines is 3. The van der Waals surface area contributed by atoms with E-state index in [-0.39, 0.29) is 0 Å². The van der Waals surface area contributed by atoms with Crippen molar-refractivity contribution in [3.05, 3.63) is 42.6 Å². The second kappa shape index (κ2) is 5.91. The molecule has 0 fully saturated rings. The van der Waals surface area contributed by atoms with Gasteiger partial charge in [-0.25, -0.2) is 4.98 Å². The molecule has 1 heterocycles. The van der Waals surface area contributed by atoms with Gasteiger partial charge >= 0.3 is 0 Å². The predicted octanol–water partition coefficient (Wildman–Crippen LogP) is 3.20. The molecule has 0 saturated heterocycles. The molecule has 0 unspecified atom stereocenters. The van der Waals surface area contributed by atoms with Crippen LogP contribution in [0, 0.1) is 0 Å². The quantitative estimate of drug-likeness (QED) is 0.846. The number of nitrogens with zero attached hydrogens (tertiary/aromatic N) is 1. The van der Waals surface area contributed by atoms with E-state index in [9.17, 15) is 0 Å². The molecule has 4 heteroatoms. The highest BCUT2D eigenvalue weighted by molar-refractivity contribution is 5.62. The molecule has 0 spiro atoms. The van der Waals surface area contributed by atoms with Gasteiger partial charge in [-0.3, -0.25) is 0 Å². The van der Waals surface area contributed by atoms with Crippen LogP contribution in [0.2, 0.25) is 0 Å². The Balaban J connectivity index is 2.02. The van der Waals surface area contributed by atoms with Crippen LogP contribution in [0.25, 0.3) is 0 Å². The molecule has 0 aliphatic carbocycles. The maximum Gasteiger partial charge on any atom is 0.125 e. The molecule has 0 amide bonds. The standard InChI is InChI=1S/C14H17N3O/c1-2-9-18-13-5-3-11(4-6-13)17-12-7-8-16-14(15)10-12/h3-8,10H,2,9H2,1H3,(H3,15,16,17). The lowest BCUT2D eigenvalue weighted by molar-refractivity contribution is 0.317. The molecule has 2 aromatic rings. The molecule has 1 aromatic carbocycles. The Morgan fingerprint density at radius 3 is 2.61 bits per heavy atom. The highest BCUT2D eigenvalue weighted by Crippen LogP contribution is 2.20. The summed E-state index contributed by atoms with van der Waals surface area (Å²) >= 11 is 0. The molecule has 3 N–H and O–H groups in total. The van der Waals surface area contributed by atoms with E-state index in [0.717, 1.165) is 30.2 Å². The molecule has 0 saturated carbocycles. The molecule has 18 heavy (non-hydrogen) atoms. The maximum atomic E-state index is 5.62. The van der Waals surface area contributed by atoms with Crippen LogP contribution in [-0.4, -0.2) is 11.6 Å². The molecular formula is C14H17N3O. The van der Waals surface area contributed by atoms with Gasteiger partial charge in [0.2, 0.25) is 0 Å². The Hall–Kier alpha value is -2.23. The van der Waals surface area contributed by atoms with Crippen LogP contribution in [0.4, 0.5) is 17.2 Å². The van der Waals surface area contributed by atoms with Crippen molar-refractivity contribution in [3.8, 4) is 5.75 Å². The lowest BCUT2D eigenvalue weighted by atomic mass is 10.3. The van der Waals surface area contributed by atoms with Gasteiger partial charge in [0, 0.05) is 23.6 Å². The van der Waals surface area contributed by atoms with E-state index in [2.05, 4.69) is 17.2 Å². The fraction of sp³-hybridized carbons (Fsp3) is 0.214. The third kappa shape index (κ3) is 3.38. The normalized spacial score (nSPS) is 10.1. The van der Waals surface area contributed by atoms with E-state index in [1.165, 1.54) is 0 Å². The number of pyridine rings is 1. The first kappa shape index (κ1) is 12.2. The van der Waals surface area contributed by atoms with Gasteiger partial charge in [0.05, 0.1) is 6.61 Å². The second-order valence-electron chi connectivity index (χ2n) is 3.97. The molecule has 0 atom stereocenters. The van der Waals surface area contributed by atoms with Gasteiger partial charge in [0.1, 0.15) is 11.6 Å². The molecule has 0 aliphatic heterocycles. The Bertz CT molecular complexity index is 497. The van der Waals surface area contributed by atoms with Crippen molar-refractivity contribution in [3.63, 3.8) is 0 Å². The second-order valence-corrected chi connectivity index (χ2v) is 3.97. The SMILES string of the molecule is CCCOc1ccc(Nc2ccnc(N)c2)cc1. The lowest BCUT2D eigenvalue weighted by Crippen LogP contribution is -1.96. The van der Waals surface area contributed by atoms with E-state index < -0.39 is 0 Å². The van der Waals surface area contributed by atoms with Gasteiger partial charge in [0.25, 0.3) is 0 Å². The highest BCUT2D eigenvalue weighted by atomic mass is 16.5. The zero-order chi connectivity index (χ0) is 12.8. The van der Waals surface area contributed by atoms with Gasteiger partial charge in [0.15, 0.2) is 0 Å². The third-order valence-electron chi connectivity index (χ3n) is 2.40. The van der Waals surface area contributed by atoms with Gasteiger partial charge in [-0.05, 0) is 36.8 Å². The molecule has 2 rings (SSSR count). The topological polar surface area (TPSA) is 60.2 Å². The summed E-state index contributed by atoms with van der Waals surface area (Å²) in [6.07, 6.45) is 2.69. The van der Waals surface area contributed by atoms with Crippen LogP contribution in [0.15, 0.2) is 42.6 Å². The van der Waals surface area contributed by atoms with Gasteiger partial charge < -0.3 is 15.8 Å². The summed E-state index contributed by atoms with van der Waals surface area (Å²) in [7, 11) is 0. The van der Waals surface area contributed by atoms with Crippen molar-refractivity contribution in [2.24, 2.45) is 0 Å². The number of nitrogens with one attached hydrogen (secondary N) is 1. The van der Waals surface area contributed by atoms with E-state index >= 15 is 0 Å². The Morgan fingerprint density at radius 1 is 1.17 bits per heavy atom. The third-order valence-corrected chi connectivity index (χ3v) is 2.40. The van der Waals surface area contributed by atoms with Gasteiger partial charge in [-0.15, -0.1) is 0 Å². The van der Waals surface area contributed by atoms with E-state index in [0.29, 0.717) is 5.82 Å². The summed E-state index contributed by atoms with van der Waals surface area (Å²) in [5.74, 6) is 1.39. The van der Waals surface area contributed by atoms with Crippen LogP contribution < -0.4 is 15.8 Å². The lowest BCUT2D eigenvalue weighted by Gasteiger charge is -2.08. The summed E-state index contributed by atoms with van der Waals surface area (Å²) in [6.45, 7) is 2.83. The van der Waals surface area contributed by atoms with Gasteiger partial charge in [-0.1, -0.05) is 6.92 Å². The fourth-order valence-electron chi connectivity index (χ4n) is 1.55. The average molecular weight is 243 g/mol. The number of hydrogen-bond donors (Lipinski definition) is 2. The number of rotatable bonds is 5. The molecule has 94 valence electrons. The minimum atomic E-state index is 0.503. The molecular weight excluding hydrogens is 226 g/mol. The zero-order valence-electron chi connectivity index (χ0n) is 10.4. The van der Waals surface area contributed by atoms with Crippen molar-refractivity contribution in [1.82, 2.24) is 4.98 Å². The number of ether oxygens (including phenoxy) is 1. The minimum absolute atomic E-state index is 0.503. The van der Waals surface area contributed by atoms with Crippen LogP contribution in [0.1, 0.15) is 13.3 Å². The minimum Gasteiger partial charge on any atom is -0.494 e. The van der Waals surface area contributed by atoms with Crippen molar-refractivity contribution < 1.29 is 4.74 Å². The van der Waals surface area contributed by atoms with Crippen molar-refractivity contribution in [1.29, 1.82) is 0 Å². The van der Waals surface area contributed by atoms with Crippen LogP contribution in [0.5, 0.6) is 5.75 Å². The Labute approximate surface area is 107 Å². The number of aromatic nitrogens is 1. The van der Waals surface area contributed by atoms with Crippen molar-refractivity contribution >= 4 is 17.2 Å². The van der Waals surface area contributed by atoms with Crippen molar-refractivity contribution in [2.45, 2.75) is 13.3 Å². The molecule has 0 aliphatic rings. The summed E-state index contributed by atoms with van der Waals surface area (Å²) < 4.78 is 5.52. The number of nitrogens with two attached hydrogens (primary N) is 1. The van der Waals surface area contributed by atoms with E-state index in [1.807, 2.05) is 30.3 Å². The Kier molecular flexibility index (Phi) is 4.02. The predicted molar refractivity (Wildman–Crippen MR) is 74.2 cm³/mol. The van der Waals surface area contributed by atoms with Gasteiger partial charge in [-0.2, -0.15) is 0 Å². The van der Waals surface area contributed by atoms with Crippen LogP contribution in [-0.2, 0) is 0 Å².